The highest BCUT2D eigenvalue weighted by molar-refractivity contribution is 6.17. The van der Waals surface area contributed by atoms with E-state index in [2.05, 4.69) is 0 Å². The average Bonchev–Trinajstić information content (AvgIpc) is 2.92. The van der Waals surface area contributed by atoms with Crippen molar-refractivity contribution in [3.05, 3.63) is 0 Å². The van der Waals surface area contributed by atoms with Crippen LogP contribution in [0.15, 0.2) is 0 Å². The first-order chi connectivity index (χ1) is 17.4. The molecule has 0 spiro atoms. The number of aliphatic hydroxyl groups excluding tert-OH is 8. The Balaban J connectivity index is 7.44. The van der Waals surface area contributed by atoms with Crippen LogP contribution in [-0.4, -0.2) is 126 Å². The van der Waals surface area contributed by atoms with Crippen molar-refractivity contribution in [2.45, 2.75) is 101 Å². The minimum Gasteiger partial charge on any atom is -0.393 e. The van der Waals surface area contributed by atoms with Gasteiger partial charge in [-0.15, -0.1) is 0 Å². The monoisotopic (exact) mass is 538 g/mol. The SMILES string of the molecule is CCCCCC(OC(CCCCC)(C(=O)C(O)CO)C(=O)C(O)CO)(C(=O)C(O)CO)C(=O)C(O)CO. The first kappa shape index (κ1) is 35.3. The first-order valence-electron chi connectivity index (χ1n) is 12.4. The Kier molecular flexibility index (Phi) is 16.2. The fourth-order valence-electron chi connectivity index (χ4n) is 3.99. The Labute approximate surface area is 215 Å². The van der Waals surface area contributed by atoms with E-state index in [9.17, 15) is 60.0 Å². The summed E-state index contributed by atoms with van der Waals surface area (Å²) in [5, 5.41) is 78.5. The Bertz CT molecular complexity index is 634. The van der Waals surface area contributed by atoms with Gasteiger partial charge in [0.2, 0.25) is 23.1 Å². The molecule has 216 valence electrons. The predicted molar refractivity (Wildman–Crippen MR) is 127 cm³/mol. The van der Waals surface area contributed by atoms with Crippen LogP contribution in [0.1, 0.15) is 65.2 Å². The predicted octanol–water partition coefficient (Wildman–Crippen LogP) is -2.67. The van der Waals surface area contributed by atoms with Crippen molar-refractivity contribution >= 4 is 23.1 Å². The lowest BCUT2D eigenvalue weighted by Crippen LogP contribution is -2.67. The van der Waals surface area contributed by atoms with E-state index in [1.807, 2.05) is 0 Å². The second-order valence-electron chi connectivity index (χ2n) is 8.92. The largest absolute Gasteiger partial charge is 0.393 e. The van der Waals surface area contributed by atoms with Gasteiger partial charge in [-0.2, -0.15) is 0 Å². The maximum absolute atomic E-state index is 13.4. The van der Waals surface area contributed by atoms with E-state index in [1.54, 1.807) is 13.8 Å². The molecule has 0 saturated carbocycles. The van der Waals surface area contributed by atoms with Gasteiger partial charge in [0.1, 0.15) is 24.4 Å². The summed E-state index contributed by atoms with van der Waals surface area (Å²) in [7, 11) is 0. The topological polar surface area (TPSA) is 239 Å². The lowest BCUT2D eigenvalue weighted by atomic mass is 9.77. The second kappa shape index (κ2) is 17.0. The van der Waals surface area contributed by atoms with Gasteiger partial charge in [0.25, 0.3) is 0 Å². The summed E-state index contributed by atoms with van der Waals surface area (Å²) in [6.45, 7) is -1.27. The maximum Gasteiger partial charge on any atom is 0.203 e. The number of Topliss-reactive ketones (excluding diaryl/α,β-unsaturated/α-hetero) is 4. The molecule has 0 radical (unpaired) electrons. The number of ketones is 4. The van der Waals surface area contributed by atoms with E-state index in [-0.39, 0.29) is 12.8 Å². The molecular weight excluding hydrogens is 496 g/mol. The third-order valence-corrected chi connectivity index (χ3v) is 6.11. The van der Waals surface area contributed by atoms with E-state index < -0.39 is 98.0 Å². The fraction of sp³-hybridized carbons (Fsp3) is 0.833. The maximum atomic E-state index is 13.4. The number of rotatable bonds is 22. The third kappa shape index (κ3) is 8.67. The van der Waals surface area contributed by atoms with Crippen LogP contribution in [0.3, 0.4) is 0 Å². The van der Waals surface area contributed by atoms with Gasteiger partial charge in [0.05, 0.1) is 26.4 Å². The molecule has 0 heterocycles. The summed E-state index contributed by atoms with van der Waals surface area (Å²) in [4.78, 5) is 53.6. The number of hydrogen-bond donors (Lipinski definition) is 8. The molecule has 0 aliphatic heterocycles. The van der Waals surface area contributed by atoms with Gasteiger partial charge in [-0.1, -0.05) is 39.5 Å². The highest BCUT2D eigenvalue weighted by Gasteiger charge is 2.60. The summed E-state index contributed by atoms with van der Waals surface area (Å²) in [5.74, 6) is -6.11. The van der Waals surface area contributed by atoms with Crippen molar-refractivity contribution in [1.29, 1.82) is 0 Å². The average molecular weight is 539 g/mol. The quantitative estimate of drug-likeness (QED) is 0.0519. The van der Waals surface area contributed by atoms with Gasteiger partial charge in [-0.25, -0.2) is 0 Å². The van der Waals surface area contributed by atoms with Crippen molar-refractivity contribution in [3.63, 3.8) is 0 Å². The first-order valence-corrected chi connectivity index (χ1v) is 12.4. The number of carbonyl (C=O) groups is 4. The van der Waals surface area contributed by atoms with Gasteiger partial charge < -0.3 is 45.6 Å². The molecule has 0 aromatic carbocycles. The molecule has 0 aromatic heterocycles. The minimum atomic E-state index is -3.00. The number of unbranched alkanes of at least 4 members (excludes halogenated alkanes) is 4. The van der Waals surface area contributed by atoms with Gasteiger partial charge in [-0.3, -0.25) is 19.2 Å². The number of hydrogen-bond acceptors (Lipinski definition) is 13. The number of aliphatic hydroxyl groups is 8. The summed E-state index contributed by atoms with van der Waals surface area (Å²) in [6, 6.07) is 0. The third-order valence-electron chi connectivity index (χ3n) is 6.11. The molecular formula is C24H42O13. The Morgan fingerprint density at radius 2 is 0.784 bits per heavy atom. The standard InChI is InChI=1S/C24H42O13/c1-3-5-7-9-23(19(33)15(29)11-25,20(34)16(30)12-26)37-24(10-8-6-4-2,21(35)17(31)13-27)22(36)18(32)14-28/h15-18,25-32H,3-14H2,1-2H3. The van der Waals surface area contributed by atoms with Gasteiger partial charge >= 0.3 is 0 Å². The molecule has 0 bridgehead atoms. The van der Waals surface area contributed by atoms with E-state index in [0.717, 1.165) is 0 Å². The van der Waals surface area contributed by atoms with Crippen LogP contribution in [0.4, 0.5) is 0 Å². The molecule has 0 fully saturated rings. The zero-order valence-corrected chi connectivity index (χ0v) is 21.4. The van der Waals surface area contributed by atoms with Crippen LogP contribution in [0.25, 0.3) is 0 Å². The van der Waals surface area contributed by atoms with E-state index >= 15 is 0 Å². The smallest absolute Gasteiger partial charge is 0.203 e. The zero-order chi connectivity index (χ0) is 28.8. The molecule has 37 heavy (non-hydrogen) atoms. The molecule has 4 atom stereocenters. The zero-order valence-electron chi connectivity index (χ0n) is 21.4. The summed E-state index contributed by atoms with van der Waals surface area (Å²) in [5.41, 5.74) is -6.00. The molecule has 0 saturated heterocycles. The van der Waals surface area contributed by atoms with E-state index in [1.165, 1.54) is 0 Å². The molecule has 0 amide bonds. The van der Waals surface area contributed by atoms with Crippen molar-refractivity contribution < 1.29 is 64.8 Å². The minimum absolute atomic E-state index is 0.0167. The summed E-state index contributed by atoms with van der Waals surface area (Å²) < 4.78 is 5.78. The van der Waals surface area contributed by atoms with Crippen LogP contribution in [0, 0.1) is 0 Å². The molecule has 8 N–H and O–H groups in total. The van der Waals surface area contributed by atoms with Crippen LogP contribution in [-0.2, 0) is 23.9 Å². The molecule has 0 aliphatic carbocycles. The molecule has 0 aromatic rings. The van der Waals surface area contributed by atoms with Crippen molar-refractivity contribution in [2.75, 3.05) is 26.4 Å². The lowest BCUT2D eigenvalue weighted by Gasteiger charge is -2.43. The Hall–Kier alpha value is -1.68. The molecule has 13 heteroatoms. The number of ether oxygens (including phenoxy) is 1. The highest BCUT2D eigenvalue weighted by Crippen LogP contribution is 2.36. The molecule has 13 nitrogen and oxygen atoms in total. The lowest BCUT2D eigenvalue weighted by molar-refractivity contribution is -0.205. The normalized spacial score (nSPS) is 18.2. The second-order valence-corrected chi connectivity index (χ2v) is 8.92. The van der Waals surface area contributed by atoms with Crippen molar-refractivity contribution in [1.82, 2.24) is 0 Å². The van der Waals surface area contributed by atoms with Crippen molar-refractivity contribution in [2.24, 2.45) is 0 Å². The van der Waals surface area contributed by atoms with Gasteiger partial charge in [-0.05, 0) is 25.7 Å². The van der Waals surface area contributed by atoms with E-state index in [4.69, 9.17) is 4.74 Å². The fourth-order valence-corrected chi connectivity index (χ4v) is 3.99. The Morgan fingerprint density at radius 3 is 0.973 bits per heavy atom. The van der Waals surface area contributed by atoms with Gasteiger partial charge in [0, 0.05) is 0 Å². The Morgan fingerprint density at radius 1 is 0.541 bits per heavy atom. The van der Waals surface area contributed by atoms with Crippen molar-refractivity contribution in [3.8, 4) is 0 Å². The summed E-state index contributed by atoms with van der Waals surface area (Å²) >= 11 is 0. The molecule has 4 unspecified atom stereocenters. The van der Waals surface area contributed by atoms with E-state index in [0.29, 0.717) is 25.7 Å². The highest BCUT2D eigenvalue weighted by atomic mass is 16.5. The van der Waals surface area contributed by atoms with Crippen LogP contribution in [0.2, 0.25) is 0 Å². The number of carbonyl (C=O) groups excluding carboxylic acids is 4. The van der Waals surface area contributed by atoms with Crippen LogP contribution >= 0.6 is 0 Å². The van der Waals surface area contributed by atoms with Gasteiger partial charge in [0.15, 0.2) is 11.2 Å². The molecule has 0 rings (SSSR count). The summed E-state index contributed by atoms with van der Waals surface area (Å²) in [6.07, 6.45) is -8.46. The molecule has 0 aliphatic rings. The van der Waals surface area contributed by atoms with Crippen LogP contribution < -0.4 is 0 Å². The van der Waals surface area contributed by atoms with Crippen LogP contribution in [0.5, 0.6) is 0 Å².